The highest BCUT2D eigenvalue weighted by Gasteiger charge is 2.13. The molecular weight excluding hydrogens is 434 g/mol. The standard InChI is InChI=1S/C21H19N5O3S2/c1-2-29-15-8-9-16-17(11-15)31-21(24-16)25-18(27)10-14-12-30-20(23-14)26-19(28)22-13-6-4-3-5-7-13/h3-9,11-12H,2,10H2,1H3,(H,24,25,27)(H2,22,23,26,28). The molecule has 0 radical (unpaired) electrons. The fourth-order valence-corrected chi connectivity index (χ4v) is 4.39. The zero-order chi connectivity index (χ0) is 21.6. The smallest absolute Gasteiger partial charge is 0.325 e. The summed E-state index contributed by atoms with van der Waals surface area (Å²) in [5, 5.41) is 10.9. The Bertz CT molecular complexity index is 1210. The van der Waals surface area contributed by atoms with Crippen molar-refractivity contribution in [3.8, 4) is 5.75 Å². The van der Waals surface area contributed by atoms with Crippen molar-refractivity contribution < 1.29 is 14.3 Å². The molecule has 0 atom stereocenters. The van der Waals surface area contributed by atoms with Crippen LogP contribution in [0.4, 0.5) is 20.7 Å². The number of urea groups is 1. The fraction of sp³-hybridized carbons (Fsp3) is 0.143. The number of hydrogen-bond donors (Lipinski definition) is 3. The average molecular weight is 454 g/mol. The van der Waals surface area contributed by atoms with Crippen LogP contribution in [-0.4, -0.2) is 28.5 Å². The normalized spacial score (nSPS) is 10.6. The van der Waals surface area contributed by atoms with Crippen LogP contribution in [0.25, 0.3) is 10.2 Å². The summed E-state index contributed by atoms with van der Waals surface area (Å²) in [6, 6.07) is 14.3. The lowest BCUT2D eigenvalue weighted by Gasteiger charge is -2.04. The van der Waals surface area contributed by atoms with Crippen molar-refractivity contribution in [1.29, 1.82) is 0 Å². The van der Waals surface area contributed by atoms with Gasteiger partial charge in [-0.05, 0) is 37.3 Å². The van der Waals surface area contributed by atoms with E-state index in [1.165, 1.54) is 22.7 Å². The minimum absolute atomic E-state index is 0.0819. The minimum atomic E-state index is -0.391. The number of aromatic nitrogens is 2. The van der Waals surface area contributed by atoms with Crippen molar-refractivity contribution in [3.05, 3.63) is 59.6 Å². The Balaban J connectivity index is 1.32. The molecule has 3 amide bonds. The Morgan fingerprint density at radius 2 is 1.84 bits per heavy atom. The zero-order valence-electron chi connectivity index (χ0n) is 16.5. The summed E-state index contributed by atoms with van der Waals surface area (Å²) in [5.41, 5.74) is 2.05. The molecule has 10 heteroatoms. The molecule has 31 heavy (non-hydrogen) atoms. The molecule has 8 nitrogen and oxygen atoms in total. The number of ether oxygens (including phenoxy) is 1. The van der Waals surface area contributed by atoms with Gasteiger partial charge in [-0.1, -0.05) is 29.5 Å². The second-order valence-corrected chi connectivity index (χ2v) is 8.28. The molecule has 4 rings (SSSR count). The maximum Gasteiger partial charge on any atom is 0.325 e. The molecule has 0 saturated carbocycles. The van der Waals surface area contributed by atoms with Gasteiger partial charge >= 0.3 is 6.03 Å². The monoisotopic (exact) mass is 453 g/mol. The van der Waals surface area contributed by atoms with Crippen molar-refractivity contribution >= 4 is 60.8 Å². The highest BCUT2D eigenvalue weighted by Crippen LogP contribution is 2.29. The molecule has 0 bridgehead atoms. The molecule has 0 aliphatic carbocycles. The molecule has 3 N–H and O–H groups in total. The number of carbonyl (C=O) groups is 2. The van der Waals surface area contributed by atoms with Crippen molar-refractivity contribution in [1.82, 2.24) is 9.97 Å². The van der Waals surface area contributed by atoms with Gasteiger partial charge in [0.2, 0.25) is 5.91 Å². The van der Waals surface area contributed by atoms with Crippen molar-refractivity contribution in [2.75, 3.05) is 22.6 Å². The molecule has 0 saturated heterocycles. The topological polar surface area (TPSA) is 105 Å². The molecule has 2 heterocycles. The van der Waals surface area contributed by atoms with Crippen molar-refractivity contribution in [3.63, 3.8) is 0 Å². The molecule has 2 aromatic heterocycles. The van der Waals surface area contributed by atoms with Gasteiger partial charge in [0, 0.05) is 11.1 Å². The number of amides is 3. The lowest BCUT2D eigenvalue weighted by molar-refractivity contribution is -0.115. The molecule has 0 aliphatic rings. The van der Waals surface area contributed by atoms with E-state index in [1.807, 2.05) is 43.3 Å². The molecule has 158 valence electrons. The highest BCUT2D eigenvalue weighted by molar-refractivity contribution is 7.22. The lowest BCUT2D eigenvalue weighted by atomic mass is 10.3. The van der Waals surface area contributed by atoms with Gasteiger partial charge in [0.25, 0.3) is 0 Å². The first kappa shape index (κ1) is 20.8. The Kier molecular flexibility index (Phi) is 6.39. The van der Waals surface area contributed by atoms with Gasteiger partial charge in [-0.3, -0.25) is 10.1 Å². The van der Waals surface area contributed by atoms with E-state index < -0.39 is 6.03 Å². The second-order valence-electron chi connectivity index (χ2n) is 6.40. The van der Waals surface area contributed by atoms with Crippen LogP contribution in [0.2, 0.25) is 0 Å². The van der Waals surface area contributed by atoms with Crippen LogP contribution in [0.5, 0.6) is 5.75 Å². The maximum absolute atomic E-state index is 12.4. The molecule has 4 aromatic rings. The summed E-state index contributed by atoms with van der Waals surface area (Å²) in [4.78, 5) is 33.2. The molecule has 0 aliphatic heterocycles. The van der Waals surface area contributed by atoms with Crippen LogP contribution in [0, 0.1) is 0 Å². The number of rotatable bonds is 7. The quantitative estimate of drug-likeness (QED) is 0.366. The summed E-state index contributed by atoms with van der Waals surface area (Å²) in [6.45, 7) is 2.52. The SMILES string of the molecule is CCOc1ccc2nc(NC(=O)Cc3csc(NC(=O)Nc4ccccc4)n3)sc2c1. The number of para-hydroxylation sites is 1. The summed E-state index contributed by atoms with van der Waals surface area (Å²) < 4.78 is 6.43. The number of benzene rings is 2. The van der Waals surface area contributed by atoms with Gasteiger partial charge in [0.05, 0.1) is 28.9 Å². The largest absolute Gasteiger partial charge is 0.494 e. The number of anilines is 3. The molecule has 0 fully saturated rings. The van der Waals surface area contributed by atoms with Crippen LogP contribution in [0.3, 0.4) is 0 Å². The first-order valence-electron chi connectivity index (χ1n) is 9.50. The van der Waals surface area contributed by atoms with Crippen LogP contribution >= 0.6 is 22.7 Å². The minimum Gasteiger partial charge on any atom is -0.494 e. The third-order valence-corrected chi connectivity index (χ3v) is 5.80. The van der Waals surface area contributed by atoms with Crippen LogP contribution < -0.4 is 20.7 Å². The van der Waals surface area contributed by atoms with Gasteiger partial charge in [0.15, 0.2) is 10.3 Å². The number of nitrogens with one attached hydrogen (secondary N) is 3. The van der Waals surface area contributed by atoms with E-state index in [0.717, 1.165) is 16.0 Å². The Morgan fingerprint density at radius 1 is 1.00 bits per heavy atom. The maximum atomic E-state index is 12.4. The van der Waals surface area contributed by atoms with E-state index >= 15 is 0 Å². The Hall–Kier alpha value is -3.50. The summed E-state index contributed by atoms with van der Waals surface area (Å²) in [7, 11) is 0. The Labute approximate surface area is 186 Å². The number of hydrogen-bond acceptors (Lipinski definition) is 7. The van der Waals surface area contributed by atoms with Crippen molar-refractivity contribution in [2.24, 2.45) is 0 Å². The highest BCUT2D eigenvalue weighted by atomic mass is 32.1. The lowest BCUT2D eigenvalue weighted by Crippen LogP contribution is -2.19. The second kappa shape index (κ2) is 9.54. The number of nitrogens with zero attached hydrogens (tertiary/aromatic N) is 2. The van der Waals surface area contributed by atoms with Crippen LogP contribution in [0.15, 0.2) is 53.9 Å². The third-order valence-electron chi connectivity index (χ3n) is 4.06. The van der Waals surface area contributed by atoms with Crippen LogP contribution in [-0.2, 0) is 11.2 Å². The Morgan fingerprint density at radius 3 is 2.65 bits per heavy atom. The fourth-order valence-electron chi connectivity index (χ4n) is 2.77. The van der Waals surface area contributed by atoms with Gasteiger partial charge in [-0.25, -0.2) is 14.8 Å². The predicted octanol–water partition coefficient (Wildman–Crippen LogP) is 4.98. The summed E-state index contributed by atoms with van der Waals surface area (Å²) in [5.74, 6) is 0.546. The van der Waals surface area contributed by atoms with Gasteiger partial charge < -0.3 is 15.4 Å². The average Bonchev–Trinajstić information content (AvgIpc) is 3.34. The van der Waals surface area contributed by atoms with E-state index in [9.17, 15) is 9.59 Å². The zero-order valence-corrected chi connectivity index (χ0v) is 18.2. The molecule has 2 aromatic carbocycles. The number of carbonyl (C=O) groups excluding carboxylic acids is 2. The van der Waals surface area contributed by atoms with Crippen molar-refractivity contribution in [2.45, 2.75) is 13.3 Å². The molecule has 0 unspecified atom stereocenters. The van der Waals surface area contributed by atoms with E-state index in [4.69, 9.17) is 4.74 Å². The first-order chi connectivity index (χ1) is 15.1. The van der Waals surface area contributed by atoms with Crippen LogP contribution in [0.1, 0.15) is 12.6 Å². The van der Waals surface area contributed by atoms with E-state index in [1.54, 1.807) is 17.5 Å². The van der Waals surface area contributed by atoms with E-state index in [2.05, 4.69) is 25.9 Å². The molecular formula is C21H19N5O3S2. The van der Waals surface area contributed by atoms with E-state index in [-0.39, 0.29) is 12.3 Å². The van der Waals surface area contributed by atoms with E-state index in [0.29, 0.717) is 28.3 Å². The predicted molar refractivity (Wildman–Crippen MR) is 124 cm³/mol. The number of thiazole rings is 2. The first-order valence-corrected chi connectivity index (χ1v) is 11.2. The molecule has 0 spiro atoms. The third kappa shape index (κ3) is 5.56. The summed E-state index contributed by atoms with van der Waals surface area (Å²) >= 11 is 2.64. The van der Waals surface area contributed by atoms with Gasteiger partial charge in [-0.15, -0.1) is 11.3 Å². The van der Waals surface area contributed by atoms with Gasteiger partial charge in [-0.2, -0.15) is 0 Å². The van der Waals surface area contributed by atoms with Gasteiger partial charge in [0.1, 0.15) is 5.75 Å². The summed E-state index contributed by atoms with van der Waals surface area (Å²) in [6.07, 6.45) is 0.0819. The number of fused-ring (bicyclic) bond motifs is 1.